The lowest BCUT2D eigenvalue weighted by Gasteiger charge is -2.20. The molecule has 17 heavy (non-hydrogen) atoms. The van der Waals surface area contributed by atoms with Crippen LogP contribution in [0.4, 0.5) is 4.79 Å². The number of nitrogens with zero attached hydrogens (tertiary/aromatic N) is 1. The Labute approximate surface area is 103 Å². The third-order valence-electron chi connectivity index (χ3n) is 2.91. The van der Waals surface area contributed by atoms with Gasteiger partial charge in [0.25, 0.3) is 5.91 Å². The van der Waals surface area contributed by atoms with Gasteiger partial charge in [-0.05, 0) is 35.7 Å². The summed E-state index contributed by atoms with van der Waals surface area (Å²) in [6.07, 6.45) is 0.402. The SMILES string of the molecule is CC1(c2ccsc2)NC(=O)N(CCCO)C1=O. The van der Waals surface area contributed by atoms with Gasteiger partial charge in [0.15, 0.2) is 0 Å². The molecule has 2 heterocycles. The molecule has 1 unspecified atom stereocenters. The van der Waals surface area contributed by atoms with E-state index in [0.717, 1.165) is 10.5 Å². The number of hydrogen-bond acceptors (Lipinski definition) is 4. The smallest absolute Gasteiger partial charge is 0.325 e. The van der Waals surface area contributed by atoms with Gasteiger partial charge in [0.05, 0.1) is 0 Å². The monoisotopic (exact) mass is 254 g/mol. The molecule has 1 saturated heterocycles. The third kappa shape index (κ3) is 1.94. The van der Waals surface area contributed by atoms with Gasteiger partial charge in [0, 0.05) is 13.2 Å². The third-order valence-corrected chi connectivity index (χ3v) is 3.60. The Morgan fingerprint density at radius 3 is 2.88 bits per heavy atom. The van der Waals surface area contributed by atoms with Crippen molar-refractivity contribution in [2.24, 2.45) is 0 Å². The van der Waals surface area contributed by atoms with Crippen molar-refractivity contribution in [1.82, 2.24) is 10.2 Å². The van der Waals surface area contributed by atoms with Crippen molar-refractivity contribution in [2.75, 3.05) is 13.2 Å². The van der Waals surface area contributed by atoms with E-state index < -0.39 is 11.6 Å². The molecule has 1 aromatic rings. The van der Waals surface area contributed by atoms with E-state index in [9.17, 15) is 9.59 Å². The summed E-state index contributed by atoms with van der Waals surface area (Å²) in [5, 5.41) is 15.2. The van der Waals surface area contributed by atoms with Crippen molar-refractivity contribution in [1.29, 1.82) is 0 Å². The standard InChI is InChI=1S/C11H14N2O3S/c1-11(8-3-6-17-7-8)9(15)13(4-2-5-14)10(16)12-11/h3,6-7,14H,2,4-5H2,1H3,(H,12,16). The van der Waals surface area contributed by atoms with Gasteiger partial charge in [-0.25, -0.2) is 4.79 Å². The highest BCUT2D eigenvalue weighted by Gasteiger charge is 2.48. The zero-order valence-corrected chi connectivity index (χ0v) is 10.3. The first-order valence-corrected chi connectivity index (χ1v) is 6.31. The maximum atomic E-state index is 12.2. The van der Waals surface area contributed by atoms with Crippen molar-refractivity contribution >= 4 is 23.3 Å². The lowest BCUT2D eigenvalue weighted by molar-refractivity contribution is -0.131. The minimum atomic E-state index is -0.966. The molecule has 0 bridgehead atoms. The number of carbonyl (C=O) groups excluding carboxylic acids is 2. The molecule has 0 saturated carbocycles. The topological polar surface area (TPSA) is 69.6 Å². The summed E-state index contributed by atoms with van der Waals surface area (Å²) in [5.41, 5.74) is -0.167. The van der Waals surface area contributed by atoms with E-state index in [-0.39, 0.29) is 19.1 Å². The van der Waals surface area contributed by atoms with E-state index in [0.29, 0.717) is 6.42 Å². The summed E-state index contributed by atoms with van der Waals surface area (Å²) in [6.45, 7) is 1.92. The van der Waals surface area contributed by atoms with Crippen molar-refractivity contribution in [2.45, 2.75) is 18.9 Å². The highest BCUT2D eigenvalue weighted by Crippen LogP contribution is 2.30. The van der Waals surface area contributed by atoms with Crippen molar-refractivity contribution in [3.05, 3.63) is 22.4 Å². The van der Waals surface area contributed by atoms with Crippen LogP contribution in [0.2, 0.25) is 0 Å². The van der Waals surface area contributed by atoms with Crippen molar-refractivity contribution < 1.29 is 14.7 Å². The zero-order chi connectivity index (χ0) is 12.5. The summed E-state index contributed by atoms with van der Waals surface area (Å²) < 4.78 is 0. The number of carbonyl (C=O) groups is 2. The molecule has 1 aliphatic heterocycles. The summed E-state index contributed by atoms with van der Waals surface area (Å²) in [4.78, 5) is 25.1. The number of aliphatic hydroxyl groups excluding tert-OH is 1. The highest BCUT2D eigenvalue weighted by atomic mass is 32.1. The Morgan fingerprint density at radius 1 is 1.53 bits per heavy atom. The number of aliphatic hydroxyl groups is 1. The predicted molar refractivity (Wildman–Crippen MR) is 63.6 cm³/mol. The maximum absolute atomic E-state index is 12.2. The number of hydrogen-bond donors (Lipinski definition) is 2. The molecule has 1 aromatic heterocycles. The number of thiophene rings is 1. The van der Waals surface area contributed by atoms with Gasteiger partial charge in [-0.3, -0.25) is 9.69 Å². The Morgan fingerprint density at radius 2 is 2.29 bits per heavy atom. The van der Waals surface area contributed by atoms with Crippen LogP contribution in [0.15, 0.2) is 16.8 Å². The average molecular weight is 254 g/mol. The van der Waals surface area contributed by atoms with Gasteiger partial charge in [-0.15, -0.1) is 0 Å². The first kappa shape index (κ1) is 12.1. The van der Waals surface area contributed by atoms with Crippen LogP contribution >= 0.6 is 11.3 Å². The molecule has 1 fully saturated rings. The summed E-state index contributed by atoms with van der Waals surface area (Å²) in [7, 11) is 0. The minimum Gasteiger partial charge on any atom is -0.396 e. The highest BCUT2D eigenvalue weighted by molar-refractivity contribution is 7.08. The van der Waals surface area contributed by atoms with E-state index in [2.05, 4.69) is 5.32 Å². The fourth-order valence-corrected chi connectivity index (χ4v) is 2.64. The van der Waals surface area contributed by atoms with E-state index in [1.54, 1.807) is 6.92 Å². The fourth-order valence-electron chi connectivity index (χ4n) is 1.87. The van der Waals surface area contributed by atoms with E-state index in [4.69, 9.17) is 5.11 Å². The van der Waals surface area contributed by atoms with Gasteiger partial charge < -0.3 is 10.4 Å². The molecule has 0 aliphatic carbocycles. The first-order valence-electron chi connectivity index (χ1n) is 5.37. The van der Waals surface area contributed by atoms with Gasteiger partial charge in [0.2, 0.25) is 0 Å². The number of imide groups is 1. The van der Waals surface area contributed by atoms with E-state index in [1.165, 1.54) is 11.3 Å². The molecule has 5 nitrogen and oxygen atoms in total. The number of rotatable bonds is 4. The fraction of sp³-hybridized carbons (Fsp3) is 0.455. The van der Waals surface area contributed by atoms with Crippen LogP contribution < -0.4 is 5.32 Å². The van der Waals surface area contributed by atoms with Gasteiger partial charge in [-0.2, -0.15) is 11.3 Å². The maximum Gasteiger partial charge on any atom is 0.325 e. The lowest BCUT2D eigenvalue weighted by Crippen LogP contribution is -2.40. The molecule has 2 rings (SSSR count). The molecule has 3 amide bonds. The first-order chi connectivity index (χ1) is 8.09. The molecule has 0 radical (unpaired) electrons. The summed E-state index contributed by atoms with van der Waals surface area (Å²) in [5.74, 6) is -0.255. The molecule has 92 valence electrons. The Hall–Kier alpha value is -1.40. The van der Waals surface area contributed by atoms with E-state index >= 15 is 0 Å². The average Bonchev–Trinajstić information content (AvgIpc) is 2.88. The van der Waals surface area contributed by atoms with Crippen LogP contribution in [0.1, 0.15) is 18.9 Å². The molecule has 1 atom stereocenters. The molecular formula is C11H14N2O3S. The van der Waals surface area contributed by atoms with E-state index in [1.807, 2.05) is 16.8 Å². The quantitative estimate of drug-likeness (QED) is 0.784. The van der Waals surface area contributed by atoms with Crippen LogP contribution in [0.5, 0.6) is 0 Å². The molecule has 1 aliphatic rings. The largest absolute Gasteiger partial charge is 0.396 e. The van der Waals surface area contributed by atoms with Crippen LogP contribution in [-0.2, 0) is 10.3 Å². The second-order valence-corrected chi connectivity index (χ2v) is 4.88. The van der Waals surface area contributed by atoms with Gasteiger partial charge in [-0.1, -0.05) is 0 Å². The summed E-state index contributed by atoms with van der Waals surface area (Å²) in [6, 6.07) is 1.44. The van der Waals surface area contributed by atoms with Crippen LogP contribution in [-0.4, -0.2) is 35.1 Å². The molecule has 0 spiro atoms. The second kappa shape index (κ2) is 4.46. The van der Waals surface area contributed by atoms with Crippen LogP contribution in [0.3, 0.4) is 0 Å². The number of amides is 3. The van der Waals surface area contributed by atoms with Crippen LogP contribution in [0, 0.1) is 0 Å². The zero-order valence-electron chi connectivity index (χ0n) is 9.47. The molecule has 0 aromatic carbocycles. The number of nitrogens with one attached hydrogen (secondary N) is 1. The van der Waals surface area contributed by atoms with Crippen molar-refractivity contribution in [3.8, 4) is 0 Å². The summed E-state index contributed by atoms with van der Waals surface area (Å²) >= 11 is 1.49. The molecule has 2 N–H and O–H groups in total. The molecular weight excluding hydrogens is 240 g/mol. The predicted octanol–water partition coefficient (Wildman–Crippen LogP) is 0.897. The Balaban J connectivity index is 2.23. The number of urea groups is 1. The van der Waals surface area contributed by atoms with Crippen LogP contribution in [0.25, 0.3) is 0 Å². The Kier molecular flexibility index (Phi) is 3.17. The van der Waals surface area contributed by atoms with Crippen molar-refractivity contribution in [3.63, 3.8) is 0 Å². The van der Waals surface area contributed by atoms with Gasteiger partial charge >= 0.3 is 6.03 Å². The van der Waals surface area contributed by atoms with Gasteiger partial charge in [0.1, 0.15) is 5.54 Å². The Bertz CT molecular complexity index is 432. The lowest BCUT2D eigenvalue weighted by atomic mass is 9.95. The second-order valence-electron chi connectivity index (χ2n) is 4.10. The normalized spacial score (nSPS) is 24.2. The molecule has 6 heteroatoms. The minimum absolute atomic E-state index is 0.0355.